The Balaban J connectivity index is 1.70. The molecular formula is C24H31N7O3. The van der Waals surface area contributed by atoms with Gasteiger partial charge in [-0.1, -0.05) is 6.07 Å². The van der Waals surface area contributed by atoms with E-state index in [1.165, 1.54) is 0 Å². The Labute approximate surface area is 197 Å². The summed E-state index contributed by atoms with van der Waals surface area (Å²) in [4.78, 5) is 29.8. The van der Waals surface area contributed by atoms with Gasteiger partial charge >= 0.3 is 0 Å². The third kappa shape index (κ3) is 4.87. The fourth-order valence-electron chi connectivity index (χ4n) is 4.15. The van der Waals surface area contributed by atoms with E-state index in [1.807, 2.05) is 42.9 Å². The van der Waals surface area contributed by atoms with E-state index in [0.29, 0.717) is 18.8 Å². The van der Waals surface area contributed by atoms with E-state index in [9.17, 15) is 9.90 Å². The van der Waals surface area contributed by atoms with Gasteiger partial charge in [0.05, 0.1) is 47.5 Å². The number of methoxy groups -OCH3 is 1. The maximum absolute atomic E-state index is 12.4. The Morgan fingerprint density at radius 1 is 1.32 bits per heavy atom. The fraction of sp³-hybridized carbons (Fsp3) is 0.417. The van der Waals surface area contributed by atoms with Gasteiger partial charge in [-0.3, -0.25) is 4.79 Å². The maximum atomic E-state index is 12.4. The summed E-state index contributed by atoms with van der Waals surface area (Å²) in [6.45, 7) is 2.19. The Morgan fingerprint density at radius 2 is 2.15 bits per heavy atom. The highest BCUT2D eigenvalue weighted by Gasteiger charge is 2.19. The summed E-state index contributed by atoms with van der Waals surface area (Å²) < 4.78 is 7.16. The molecule has 2 atom stereocenters. The molecule has 4 rings (SSSR count). The molecule has 0 fully saturated rings. The highest BCUT2D eigenvalue weighted by atomic mass is 16.5. The van der Waals surface area contributed by atoms with E-state index in [1.54, 1.807) is 20.4 Å². The molecule has 4 heterocycles. The number of aliphatic hydroxyl groups is 1. The molecule has 1 unspecified atom stereocenters. The third-order valence-corrected chi connectivity index (χ3v) is 5.73. The number of H-pyrrole nitrogens is 1. The average Bonchev–Trinajstić information content (AvgIpc) is 3.41. The number of hydrogen-bond acceptors (Lipinski definition) is 7. The van der Waals surface area contributed by atoms with Crippen molar-refractivity contribution in [1.82, 2.24) is 29.8 Å². The van der Waals surface area contributed by atoms with E-state index in [0.717, 1.165) is 45.6 Å². The fourth-order valence-corrected chi connectivity index (χ4v) is 4.15. The minimum atomic E-state index is -0.705. The standard InChI is InChI=1S/C24H31N7O3/c1-14(32)11-20(33)28-17(9-6-10-34-4)16-7-5-8-18(27-16)19-12-15-22-21(26-13-31(22)3)24(25-2)30-23(15)29-19/h5,7-8,12-14,17,32H,6,9-11H2,1-4H3,(H,28,33)(H2,25,29,30)/t14-,17?/m0/s1. The largest absolute Gasteiger partial charge is 0.393 e. The molecule has 0 radical (unpaired) electrons. The number of anilines is 1. The lowest BCUT2D eigenvalue weighted by molar-refractivity contribution is -0.123. The number of rotatable bonds is 10. The molecule has 0 aliphatic carbocycles. The van der Waals surface area contributed by atoms with Gasteiger partial charge in [-0.05, 0) is 38.0 Å². The van der Waals surface area contributed by atoms with Gasteiger partial charge < -0.3 is 30.0 Å². The van der Waals surface area contributed by atoms with Crippen LogP contribution in [-0.2, 0) is 16.6 Å². The van der Waals surface area contributed by atoms with Crippen LogP contribution in [0.25, 0.3) is 33.5 Å². The lowest BCUT2D eigenvalue weighted by Crippen LogP contribution is -2.31. The van der Waals surface area contributed by atoms with Crippen LogP contribution in [0.3, 0.4) is 0 Å². The summed E-state index contributed by atoms with van der Waals surface area (Å²) in [7, 11) is 5.44. The van der Waals surface area contributed by atoms with Crippen molar-refractivity contribution in [2.24, 2.45) is 7.05 Å². The monoisotopic (exact) mass is 465 g/mol. The number of aromatic nitrogens is 5. The molecule has 0 saturated heterocycles. The van der Waals surface area contributed by atoms with Crippen molar-refractivity contribution < 1.29 is 14.6 Å². The summed E-state index contributed by atoms with van der Waals surface area (Å²) in [6.07, 6.45) is 2.56. The van der Waals surface area contributed by atoms with Gasteiger partial charge in [0.2, 0.25) is 5.91 Å². The Morgan fingerprint density at radius 3 is 2.88 bits per heavy atom. The van der Waals surface area contributed by atoms with E-state index < -0.39 is 6.10 Å². The van der Waals surface area contributed by atoms with E-state index in [-0.39, 0.29) is 18.4 Å². The number of pyridine rings is 2. The van der Waals surface area contributed by atoms with Gasteiger partial charge in [-0.15, -0.1) is 0 Å². The van der Waals surface area contributed by atoms with Crippen molar-refractivity contribution in [3.63, 3.8) is 0 Å². The van der Waals surface area contributed by atoms with E-state index >= 15 is 0 Å². The predicted molar refractivity (Wildman–Crippen MR) is 131 cm³/mol. The van der Waals surface area contributed by atoms with Gasteiger partial charge in [0, 0.05) is 33.2 Å². The van der Waals surface area contributed by atoms with Crippen molar-refractivity contribution in [2.45, 2.75) is 38.3 Å². The smallest absolute Gasteiger partial charge is 0.223 e. The van der Waals surface area contributed by atoms with Crippen LogP contribution in [0.15, 0.2) is 30.6 Å². The molecule has 0 aliphatic heterocycles. The van der Waals surface area contributed by atoms with Gasteiger partial charge in [-0.25, -0.2) is 15.0 Å². The van der Waals surface area contributed by atoms with Crippen molar-refractivity contribution in [2.75, 3.05) is 26.1 Å². The van der Waals surface area contributed by atoms with E-state index in [2.05, 4.69) is 20.6 Å². The lowest BCUT2D eigenvalue weighted by Gasteiger charge is -2.19. The number of imidazole rings is 1. The Kier molecular flexibility index (Phi) is 7.09. The number of fused-ring (bicyclic) bond motifs is 3. The van der Waals surface area contributed by atoms with Crippen LogP contribution in [-0.4, -0.2) is 62.4 Å². The molecule has 0 spiro atoms. The summed E-state index contributed by atoms with van der Waals surface area (Å²) in [5.74, 6) is 0.495. The maximum Gasteiger partial charge on any atom is 0.223 e. The number of aliphatic hydroxyl groups excluding tert-OH is 1. The van der Waals surface area contributed by atoms with Crippen LogP contribution in [0.1, 0.15) is 37.9 Å². The number of aromatic amines is 1. The molecule has 4 aromatic rings. The molecule has 0 bridgehead atoms. The van der Waals surface area contributed by atoms with Crippen molar-refractivity contribution in [3.05, 3.63) is 36.3 Å². The van der Waals surface area contributed by atoms with E-state index in [4.69, 9.17) is 14.7 Å². The first-order valence-electron chi connectivity index (χ1n) is 11.4. The third-order valence-electron chi connectivity index (χ3n) is 5.73. The van der Waals surface area contributed by atoms with Crippen molar-refractivity contribution in [1.29, 1.82) is 0 Å². The second-order valence-corrected chi connectivity index (χ2v) is 8.46. The quantitative estimate of drug-likeness (QED) is 0.265. The molecule has 0 aromatic carbocycles. The zero-order chi connectivity index (χ0) is 24.2. The van der Waals surface area contributed by atoms with Gasteiger partial charge in [0.1, 0.15) is 11.2 Å². The lowest BCUT2D eigenvalue weighted by atomic mass is 10.1. The Hall–Kier alpha value is -3.50. The molecule has 0 aliphatic rings. The summed E-state index contributed by atoms with van der Waals surface area (Å²) in [6, 6.07) is 7.51. The number of ether oxygens (including phenoxy) is 1. The van der Waals surface area contributed by atoms with Crippen LogP contribution in [0.5, 0.6) is 0 Å². The van der Waals surface area contributed by atoms with Crippen LogP contribution in [0, 0.1) is 0 Å². The van der Waals surface area contributed by atoms with Gasteiger partial charge in [0.25, 0.3) is 0 Å². The highest BCUT2D eigenvalue weighted by Crippen LogP contribution is 2.31. The SMILES string of the molecule is CNc1nc2[nH]c(-c3cccc(C(CCCOC)NC(=O)C[C@H](C)O)n3)cc2c2c1ncn2C. The second-order valence-electron chi connectivity index (χ2n) is 8.46. The first-order chi connectivity index (χ1) is 16.4. The first kappa shape index (κ1) is 23.7. The number of amides is 1. The number of hydrogen-bond donors (Lipinski definition) is 4. The zero-order valence-corrected chi connectivity index (χ0v) is 19.9. The number of carbonyl (C=O) groups is 1. The van der Waals surface area contributed by atoms with Crippen LogP contribution in [0.4, 0.5) is 5.82 Å². The van der Waals surface area contributed by atoms with Crippen molar-refractivity contribution >= 4 is 33.8 Å². The predicted octanol–water partition coefficient (Wildman–Crippen LogP) is 2.91. The van der Waals surface area contributed by atoms with Gasteiger partial charge in [0.15, 0.2) is 5.82 Å². The topological polar surface area (TPSA) is 130 Å². The summed E-state index contributed by atoms with van der Waals surface area (Å²) in [5.41, 5.74) is 4.86. The number of aryl methyl sites for hydroxylation is 1. The summed E-state index contributed by atoms with van der Waals surface area (Å²) in [5, 5.41) is 16.7. The van der Waals surface area contributed by atoms with Crippen molar-refractivity contribution in [3.8, 4) is 11.4 Å². The Bertz CT molecular complexity index is 1290. The molecule has 4 aromatic heterocycles. The zero-order valence-electron chi connectivity index (χ0n) is 19.9. The molecule has 34 heavy (non-hydrogen) atoms. The second kappa shape index (κ2) is 10.2. The minimum Gasteiger partial charge on any atom is -0.393 e. The number of nitrogens with zero attached hydrogens (tertiary/aromatic N) is 4. The molecule has 4 N–H and O–H groups in total. The van der Waals surface area contributed by atoms with Gasteiger partial charge in [-0.2, -0.15) is 0 Å². The highest BCUT2D eigenvalue weighted by molar-refractivity contribution is 6.07. The summed E-state index contributed by atoms with van der Waals surface area (Å²) >= 11 is 0. The molecular weight excluding hydrogens is 434 g/mol. The van der Waals surface area contributed by atoms with Crippen LogP contribution < -0.4 is 10.6 Å². The molecule has 1 amide bonds. The minimum absolute atomic E-state index is 0.0443. The molecule has 10 heteroatoms. The molecule has 10 nitrogen and oxygen atoms in total. The van der Waals surface area contributed by atoms with Crippen LogP contribution in [0.2, 0.25) is 0 Å². The molecule has 180 valence electrons. The first-order valence-corrected chi connectivity index (χ1v) is 11.4. The average molecular weight is 466 g/mol. The number of nitrogens with one attached hydrogen (secondary N) is 3. The number of carbonyl (C=O) groups excluding carboxylic acids is 1. The normalized spacial score (nSPS) is 13.3. The molecule has 0 saturated carbocycles. The van der Waals surface area contributed by atoms with Crippen LogP contribution >= 0.6 is 0 Å².